The predicted octanol–water partition coefficient (Wildman–Crippen LogP) is 5.44. The highest BCUT2D eigenvalue weighted by Crippen LogP contribution is 2.21. The molecule has 2 amide bonds. The first kappa shape index (κ1) is 20.4. The Morgan fingerprint density at radius 3 is 2.34 bits per heavy atom. The van der Waals surface area contributed by atoms with Crippen LogP contribution >= 0.6 is 11.6 Å². The van der Waals surface area contributed by atoms with Gasteiger partial charge in [0.05, 0.1) is 0 Å². The van der Waals surface area contributed by atoms with Crippen LogP contribution in [0, 0.1) is 6.92 Å². The zero-order valence-corrected chi connectivity index (χ0v) is 16.9. The standard InChI is InChI=1S/C23H21ClN2O3/c1-15-12-20(10-11-22(15)24)26-23(28)18-8-6-17(7-9-18)14-29-21-5-3-4-19(13-21)25-16(2)27/h3-13H,14H2,1-2H3,(H,25,27)(H,26,28). The molecule has 3 aromatic rings. The lowest BCUT2D eigenvalue weighted by molar-refractivity contribution is -0.114. The molecule has 0 aromatic heterocycles. The van der Waals surface area contributed by atoms with Crippen molar-refractivity contribution >= 4 is 34.8 Å². The van der Waals surface area contributed by atoms with Crippen molar-refractivity contribution in [2.75, 3.05) is 10.6 Å². The van der Waals surface area contributed by atoms with Gasteiger partial charge in [-0.2, -0.15) is 0 Å². The third-order valence-corrected chi connectivity index (χ3v) is 4.62. The lowest BCUT2D eigenvalue weighted by Gasteiger charge is -2.10. The number of carbonyl (C=O) groups excluding carboxylic acids is 2. The smallest absolute Gasteiger partial charge is 0.255 e. The highest BCUT2D eigenvalue weighted by molar-refractivity contribution is 6.31. The number of ether oxygens (including phenoxy) is 1. The minimum absolute atomic E-state index is 0.134. The third-order valence-electron chi connectivity index (χ3n) is 4.19. The van der Waals surface area contributed by atoms with Crippen LogP contribution in [0.4, 0.5) is 11.4 Å². The van der Waals surface area contributed by atoms with Crippen molar-refractivity contribution in [3.63, 3.8) is 0 Å². The summed E-state index contributed by atoms with van der Waals surface area (Å²) < 4.78 is 5.77. The topological polar surface area (TPSA) is 67.4 Å². The fourth-order valence-electron chi connectivity index (χ4n) is 2.71. The molecule has 3 aromatic carbocycles. The van der Waals surface area contributed by atoms with Gasteiger partial charge in [0, 0.05) is 35.0 Å². The van der Waals surface area contributed by atoms with E-state index in [0.717, 1.165) is 11.1 Å². The van der Waals surface area contributed by atoms with E-state index < -0.39 is 0 Å². The van der Waals surface area contributed by atoms with Crippen molar-refractivity contribution in [3.8, 4) is 5.75 Å². The van der Waals surface area contributed by atoms with E-state index in [1.54, 1.807) is 36.4 Å². The van der Waals surface area contributed by atoms with E-state index in [9.17, 15) is 9.59 Å². The number of aryl methyl sites for hydroxylation is 1. The maximum absolute atomic E-state index is 12.4. The minimum Gasteiger partial charge on any atom is -0.489 e. The Labute approximate surface area is 174 Å². The molecule has 0 atom stereocenters. The summed E-state index contributed by atoms with van der Waals surface area (Å²) in [6.45, 7) is 3.69. The van der Waals surface area contributed by atoms with Crippen molar-refractivity contribution in [2.45, 2.75) is 20.5 Å². The van der Waals surface area contributed by atoms with Crippen molar-refractivity contribution in [1.82, 2.24) is 0 Å². The summed E-state index contributed by atoms with van der Waals surface area (Å²) in [7, 11) is 0. The summed E-state index contributed by atoms with van der Waals surface area (Å²) >= 11 is 6.01. The van der Waals surface area contributed by atoms with Crippen LogP contribution < -0.4 is 15.4 Å². The maximum Gasteiger partial charge on any atom is 0.255 e. The van der Waals surface area contributed by atoms with Gasteiger partial charge in [-0.15, -0.1) is 0 Å². The van der Waals surface area contributed by atoms with Gasteiger partial charge in [-0.05, 0) is 60.5 Å². The van der Waals surface area contributed by atoms with Crippen LogP contribution in [0.3, 0.4) is 0 Å². The number of benzene rings is 3. The van der Waals surface area contributed by atoms with Crippen LogP contribution in [0.25, 0.3) is 0 Å². The second-order valence-electron chi connectivity index (χ2n) is 6.61. The maximum atomic E-state index is 12.4. The normalized spacial score (nSPS) is 10.3. The van der Waals surface area contributed by atoms with Gasteiger partial charge in [-0.1, -0.05) is 29.8 Å². The molecule has 5 nitrogen and oxygen atoms in total. The van der Waals surface area contributed by atoms with Gasteiger partial charge >= 0.3 is 0 Å². The van der Waals surface area contributed by atoms with Gasteiger partial charge in [-0.25, -0.2) is 0 Å². The Balaban J connectivity index is 1.59. The summed E-state index contributed by atoms with van der Waals surface area (Å²) in [6, 6.07) is 19.7. The lowest BCUT2D eigenvalue weighted by atomic mass is 10.1. The predicted molar refractivity (Wildman–Crippen MR) is 116 cm³/mol. The van der Waals surface area contributed by atoms with E-state index in [2.05, 4.69) is 10.6 Å². The Bertz CT molecular complexity index is 1030. The molecule has 0 saturated carbocycles. The summed E-state index contributed by atoms with van der Waals surface area (Å²) in [5, 5.41) is 6.24. The van der Waals surface area contributed by atoms with Crippen molar-refractivity contribution in [2.24, 2.45) is 0 Å². The molecular weight excluding hydrogens is 388 g/mol. The summed E-state index contributed by atoms with van der Waals surface area (Å²) in [6.07, 6.45) is 0. The van der Waals surface area contributed by atoms with E-state index in [1.165, 1.54) is 6.92 Å². The molecule has 0 unspecified atom stereocenters. The highest BCUT2D eigenvalue weighted by atomic mass is 35.5. The van der Waals surface area contributed by atoms with Gasteiger partial charge in [-0.3, -0.25) is 9.59 Å². The molecule has 0 spiro atoms. The first-order valence-corrected chi connectivity index (χ1v) is 9.45. The van der Waals surface area contributed by atoms with Gasteiger partial charge < -0.3 is 15.4 Å². The monoisotopic (exact) mass is 408 g/mol. The van der Waals surface area contributed by atoms with Gasteiger partial charge in [0.2, 0.25) is 5.91 Å². The molecule has 0 aliphatic carbocycles. The molecule has 6 heteroatoms. The van der Waals surface area contributed by atoms with Crippen LogP contribution in [0.5, 0.6) is 5.75 Å². The largest absolute Gasteiger partial charge is 0.489 e. The molecule has 3 rings (SSSR count). The zero-order valence-electron chi connectivity index (χ0n) is 16.2. The molecule has 0 heterocycles. The van der Waals surface area contributed by atoms with Crippen LogP contribution in [0.2, 0.25) is 5.02 Å². The minimum atomic E-state index is -0.192. The number of hydrogen-bond donors (Lipinski definition) is 2. The Morgan fingerprint density at radius 1 is 0.931 bits per heavy atom. The van der Waals surface area contributed by atoms with Crippen LogP contribution in [0.15, 0.2) is 66.7 Å². The first-order valence-electron chi connectivity index (χ1n) is 9.07. The Kier molecular flexibility index (Phi) is 6.52. The average molecular weight is 409 g/mol. The number of carbonyl (C=O) groups is 2. The van der Waals surface area contributed by atoms with E-state index in [-0.39, 0.29) is 11.8 Å². The van der Waals surface area contributed by atoms with Crippen LogP contribution in [-0.4, -0.2) is 11.8 Å². The van der Waals surface area contributed by atoms with Crippen LogP contribution in [0.1, 0.15) is 28.4 Å². The van der Waals surface area contributed by atoms with Gasteiger partial charge in [0.25, 0.3) is 5.91 Å². The summed E-state index contributed by atoms with van der Waals surface area (Å²) in [5.74, 6) is 0.322. The molecular formula is C23H21ClN2O3. The van der Waals surface area contributed by atoms with E-state index in [1.807, 2.05) is 37.3 Å². The molecule has 0 aliphatic heterocycles. The zero-order chi connectivity index (χ0) is 20.8. The number of anilines is 2. The molecule has 0 bridgehead atoms. The first-order chi connectivity index (χ1) is 13.9. The molecule has 148 valence electrons. The summed E-state index contributed by atoms with van der Waals surface area (Å²) in [4.78, 5) is 23.6. The SMILES string of the molecule is CC(=O)Nc1cccc(OCc2ccc(C(=O)Nc3ccc(Cl)c(C)c3)cc2)c1. The van der Waals surface area contributed by atoms with E-state index >= 15 is 0 Å². The highest BCUT2D eigenvalue weighted by Gasteiger charge is 2.07. The number of halogens is 1. The number of amides is 2. The fourth-order valence-corrected chi connectivity index (χ4v) is 2.83. The molecule has 0 saturated heterocycles. The lowest BCUT2D eigenvalue weighted by Crippen LogP contribution is -2.12. The van der Waals surface area contributed by atoms with E-state index in [0.29, 0.717) is 34.3 Å². The second-order valence-corrected chi connectivity index (χ2v) is 7.02. The van der Waals surface area contributed by atoms with Gasteiger partial charge in [0.15, 0.2) is 0 Å². The molecule has 2 N–H and O–H groups in total. The molecule has 0 aliphatic rings. The number of nitrogens with one attached hydrogen (secondary N) is 2. The fraction of sp³-hybridized carbons (Fsp3) is 0.130. The van der Waals surface area contributed by atoms with Crippen molar-refractivity contribution < 1.29 is 14.3 Å². The van der Waals surface area contributed by atoms with Crippen molar-refractivity contribution in [1.29, 1.82) is 0 Å². The second kappa shape index (κ2) is 9.26. The third kappa shape index (κ3) is 5.83. The van der Waals surface area contributed by atoms with E-state index in [4.69, 9.17) is 16.3 Å². The Hall–Kier alpha value is -3.31. The molecule has 29 heavy (non-hydrogen) atoms. The van der Waals surface area contributed by atoms with Crippen molar-refractivity contribution in [3.05, 3.63) is 88.4 Å². The van der Waals surface area contributed by atoms with Crippen LogP contribution in [-0.2, 0) is 11.4 Å². The Morgan fingerprint density at radius 2 is 1.66 bits per heavy atom. The summed E-state index contributed by atoms with van der Waals surface area (Å²) in [5.41, 5.74) is 3.75. The molecule has 0 radical (unpaired) electrons. The molecule has 0 fully saturated rings. The average Bonchev–Trinajstić information content (AvgIpc) is 2.69. The quantitative estimate of drug-likeness (QED) is 0.570. The number of hydrogen-bond acceptors (Lipinski definition) is 3. The van der Waals surface area contributed by atoms with Gasteiger partial charge in [0.1, 0.15) is 12.4 Å². The number of rotatable bonds is 6.